The van der Waals surface area contributed by atoms with Crippen molar-refractivity contribution in [3.8, 4) is 0 Å². The summed E-state index contributed by atoms with van der Waals surface area (Å²) in [6.45, 7) is 6.01. The van der Waals surface area contributed by atoms with Gasteiger partial charge in [0.25, 0.3) is 0 Å². The maximum absolute atomic E-state index is 11.9. The van der Waals surface area contributed by atoms with Gasteiger partial charge in [0.1, 0.15) is 5.60 Å². The highest BCUT2D eigenvalue weighted by molar-refractivity contribution is 6.42. The van der Waals surface area contributed by atoms with Crippen molar-refractivity contribution in [1.82, 2.24) is 5.32 Å². The molecule has 6 nitrogen and oxygen atoms in total. The lowest BCUT2D eigenvalue weighted by atomic mass is 10.1. The van der Waals surface area contributed by atoms with E-state index < -0.39 is 23.2 Å². The first-order chi connectivity index (χ1) is 10.4. The predicted molar refractivity (Wildman–Crippen MR) is 90.0 cm³/mol. The third-order valence-electron chi connectivity index (χ3n) is 2.61. The Morgan fingerprint density at radius 1 is 1.17 bits per heavy atom. The topological polar surface area (TPSA) is 87.7 Å². The van der Waals surface area contributed by atoms with Gasteiger partial charge < -0.3 is 20.5 Å². The summed E-state index contributed by atoms with van der Waals surface area (Å²) in [5.41, 5.74) is -2.15. The van der Waals surface area contributed by atoms with Crippen LogP contribution in [0.5, 0.6) is 0 Å². The summed E-state index contributed by atoms with van der Waals surface area (Å²) in [5, 5.41) is 15.7. The van der Waals surface area contributed by atoms with Crippen LogP contribution in [-0.2, 0) is 9.53 Å². The molecule has 1 unspecified atom stereocenters. The SMILES string of the molecule is CC(C)(C)OC(=O)C(C)(O)CNC(=O)Nc1ccc(Cl)c(Cl)c1. The van der Waals surface area contributed by atoms with Crippen LogP contribution in [0.3, 0.4) is 0 Å². The highest BCUT2D eigenvalue weighted by atomic mass is 35.5. The molecule has 8 heteroatoms. The monoisotopic (exact) mass is 362 g/mol. The molecule has 0 fully saturated rings. The first kappa shape index (κ1) is 19.5. The van der Waals surface area contributed by atoms with Crippen LogP contribution in [0.15, 0.2) is 18.2 Å². The van der Waals surface area contributed by atoms with E-state index in [1.807, 2.05) is 0 Å². The van der Waals surface area contributed by atoms with Crippen molar-refractivity contribution in [1.29, 1.82) is 0 Å². The summed E-state index contributed by atoms with van der Waals surface area (Å²) in [5.74, 6) is -0.820. The summed E-state index contributed by atoms with van der Waals surface area (Å²) in [4.78, 5) is 23.7. The zero-order chi connectivity index (χ0) is 17.8. The van der Waals surface area contributed by atoms with Crippen LogP contribution in [0.4, 0.5) is 10.5 Å². The van der Waals surface area contributed by atoms with Crippen molar-refractivity contribution in [3.05, 3.63) is 28.2 Å². The van der Waals surface area contributed by atoms with Gasteiger partial charge in [0, 0.05) is 5.69 Å². The standard InChI is InChI=1S/C15H20Cl2N2O4/c1-14(2,3)23-12(20)15(4,22)8-18-13(21)19-9-5-6-10(16)11(17)7-9/h5-7,22H,8H2,1-4H3,(H2,18,19,21). The Hall–Kier alpha value is -1.50. The lowest BCUT2D eigenvalue weighted by molar-refractivity contribution is -0.174. The van der Waals surface area contributed by atoms with Gasteiger partial charge in [-0.15, -0.1) is 0 Å². The third kappa shape index (κ3) is 6.64. The van der Waals surface area contributed by atoms with E-state index in [-0.39, 0.29) is 6.54 Å². The highest BCUT2D eigenvalue weighted by Crippen LogP contribution is 2.24. The Labute approximate surface area is 145 Å². The van der Waals surface area contributed by atoms with Crippen LogP contribution in [0.2, 0.25) is 10.0 Å². The number of ether oxygens (including phenoxy) is 1. The fourth-order valence-corrected chi connectivity index (χ4v) is 1.76. The molecule has 3 N–H and O–H groups in total. The molecule has 0 spiro atoms. The van der Waals surface area contributed by atoms with E-state index in [0.29, 0.717) is 15.7 Å². The van der Waals surface area contributed by atoms with Gasteiger partial charge >= 0.3 is 12.0 Å². The Morgan fingerprint density at radius 2 is 1.78 bits per heavy atom. The molecule has 0 aliphatic carbocycles. The second-order valence-electron chi connectivity index (χ2n) is 6.21. The number of urea groups is 1. The Balaban J connectivity index is 2.57. The second-order valence-corrected chi connectivity index (χ2v) is 7.03. The van der Waals surface area contributed by atoms with Crippen LogP contribution < -0.4 is 10.6 Å². The fraction of sp³-hybridized carbons (Fsp3) is 0.467. The van der Waals surface area contributed by atoms with Crippen LogP contribution >= 0.6 is 23.2 Å². The molecule has 0 radical (unpaired) electrons. The molecule has 0 aliphatic heterocycles. The van der Waals surface area contributed by atoms with Crippen LogP contribution in [-0.4, -0.2) is 34.9 Å². The first-order valence-corrected chi connectivity index (χ1v) is 7.62. The zero-order valence-electron chi connectivity index (χ0n) is 13.4. The highest BCUT2D eigenvalue weighted by Gasteiger charge is 2.35. The van der Waals surface area contributed by atoms with Crippen molar-refractivity contribution in [2.24, 2.45) is 0 Å². The van der Waals surface area contributed by atoms with E-state index in [0.717, 1.165) is 0 Å². The van der Waals surface area contributed by atoms with Crippen molar-refractivity contribution in [3.63, 3.8) is 0 Å². The molecule has 0 aliphatic rings. The molecule has 1 atom stereocenters. The number of amides is 2. The van der Waals surface area contributed by atoms with Crippen LogP contribution in [0, 0.1) is 0 Å². The minimum Gasteiger partial charge on any atom is -0.458 e. The number of carbonyl (C=O) groups is 2. The summed E-state index contributed by atoms with van der Waals surface area (Å²) in [7, 11) is 0. The van der Waals surface area contributed by atoms with Crippen LogP contribution in [0.25, 0.3) is 0 Å². The van der Waals surface area contributed by atoms with E-state index in [4.69, 9.17) is 27.9 Å². The molecule has 23 heavy (non-hydrogen) atoms. The Bertz CT molecular complexity index is 598. The van der Waals surface area contributed by atoms with Gasteiger partial charge in [-0.1, -0.05) is 23.2 Å². The van der Waals surface area contributed by atoms with Crippen molar-refractivity contribution in [2.45, 2.75) is 38.9 Å². The number of rotatable bonds is 4. The molecule has 0 saturated heterocycles. The van der Waals surface area contributed by atoms with E-state index in [1.165, 1.54) is 19.1 Å². The molecule has 2 amide bonds. The van der Waals surface area contributed by atoms with Gasteiger partial charge in [-0.2, -0.15) is 0 Å². The largest absolute Gasteiger partial charge is 0.458 e. The van der Waals surface area contributed by atoms with Gasteiger partial charge in [-0.05, 0) is 45.9 Å². The number of hydrogen-bond acceptors (Lipinski definition) is 4. The molecule has 128 valence electrons. The Morgan fingerprint density at radius 3 is 2.30 bits per heavy atom. The minimum atomic E-state index is -1.84. The molecule has 1 rings (SSSR count). The summed E-state index contributed by atoms with van der Waals surface area (Å²) in [6, 6.07) is 3.98. The van der Waals surface area contributed by atoms with Gasteiger partial charge in [0.2, 0.25) is 0 Å². The molecule has 0 bridgehead atoms. The first-order valence-electron chi connectivity index (χ1n) is 6.86. The average molecular weight is 363 g/mol. The predicted octanol–water partition coefficient (Wildman–Crippen LogP) is 3.21. The molecule has 0 saturated carbocycles. The molecule has 1 aromatic rings. The van der Waals surface area contributed by atoms with Gasteiger partial charge in [-0.3, -0.25) is 0 Å². The number of anilines is 1. The lowest BCUT2D eigenvalue weighted by Gasteiger charge is -2.27. The van der Waals surface area contributed by atoms with Gasteiger partial charge in [-0.25, -0.2) is 9.59 Å². The number of halogens is 2. The molecule has 1 aromatic carbocycles. The second kappa shape index (κ2) is 7.38. The molecular formula is C15H20Cl2N2O4. The maximum atomic E-state index is 11.9. The number of aliphatic hydroxyl groups is 1. The third-order valence-corrected chi connectivity index (χ3v) is 3.35. The summed E-state index contributed by atoms with van der Waals surface area (Å²) in [6.07, 6.45) is 0. The van der Waals surface area contributed by atoms with E-state index in [2.05, 4.69) is 10.6 Å². The van der Waals surface area contributed by atoms with E-state index in [1.54, 1.807) is 26.8 Å². The summed E-state index contributed by atoms with van der Waals surface area (Å²) >= 11 is 11.6. The molecular weight excluding hydrogens is 343 g/mol. The number of carbonyl (C=O) groups excluding carboxylic acids is 2. The zero-order valence-corrected chi connectivity index (χ0v) is 14.9. The molecule has 0 heterocycles. The normalized spacial score (nSPS) is 13.9. The van der Waals surface area contributed by atoms with Crippen molar-refractivity contribution in [2.75, 3.05) is 11.9 Å². The van der Waals surface area contributed by atoms with Crippen molar-refractivity contribution >= 4 is 40.9 Å². The number of esters is 1. The molecule has 0 aromatic heterocycles. The van der Waals surface area contributed by atoms with Crippen LogP contribution in [0.1, 0.15) is 27.7 Å². The van der Waals surface area contributed by atoms with Gasteiger partial charge in [0.05, 0.1) is 16.6 Å². The Kier molecular flexibility index (Phi) is 6.27. The lowest BCUT2D eigenvalue weighted by Crippen LogP contribution is -2.50. The van der Waals surface area contributed by atoms with E-state index >= 15 is 0 Å². The van der Waals surface area contributed by atoms with E-state index in [9.17, 15) is 14.7 Å². The minimum absolute atomic E-state index is 0.296. The quantitative estimate of drug-likeness (QED) is 0.717. The van der Waals surface area contributed by atoms with Gasteiger partial charge in [0.15, 0.2) is 5.60 Å². The maximum Gasteiger partial charge on any atom is 0.340 e. The number of benzene rings is 1. The average Bonchev–Trinajstić information content (AvgIpc) is 2.39. The summed E-state index contributed by atoms with van der Waals surface area (Å²) < 4.78 is 5.09. The number of hydrogen-bond donors (Lipinski definition) is 3. The fourth-order valence-electron chi connectivity index (χ4n) is 1.46. The smallest absolute Gasteiger partial charge is 0.340 e. The number of nitrogens with one attached hydrogen (secondary N) is 2. The van der Waals surface area contributed by atoms with Crippen molar-refractivity contribution < 1.29 is 19.4 Å².